The predicted molar refractivity (Wildman–Crippen MR) is 48.2 cm³/mol. The molecule has 0 aromatic heterocycles. The third-order valence-corrected chi connectivity index (χ3v) is 3.58. The molecule has 1 rings (SSSR count). The van der Waals surface area contributed by atoms with Crippen molar-refractivity contribution in [1.82, 2.24) is 4.31 Å². The molecule has 0 bridgehead atoms. The molecule has 1 heterocycles. The van der Waals surface area contributed by atoms with E-state index in [0.29, 0.717) is 13.1 Å². The third kappa shape index (κ3) is 2.18. The van der Waals surface area contributed by atoms with Crippen LogP contribution >= 0.6 is 0 Å². The number of sulfonamides is 1. The Kier molecular flexibility index (Phi) is 3.09. The Bertz CT molecular complexity index is 238. The molecule has 0 saturated carbocycles. The Morgan fingerprint density at radius 3 is 2.75 bits per heavy atom. The van der Waals surface area contributed by atoms with Crippen LogP contribution in [0.5, 0.6) is 0 Å². The van der Waals surface area contributed by atoms with Gasteiger partial charge >= 0.3 is 0 Å². The van der Waals surface area contributed by atoms with Crippen molar-refractivity contribution in [2.45, 2.75) is 25.3 Å². The zero-order valence-corrected chi connectivity index (χ0v) is 8.18. The molecule has 5 heteroatoms. The van der Waals surface area contributed by atoms with Crippen LogP contribution in [0.25, 0.3) is 0 Å². The van der Waals surface area contributed by atoms with Gasteiger partial charge in [-0.2, -0.15) is 4.31 Å². The van der Waals surface area contributed by atoms with Gasteiger partial charge in [-0.05, 0) is 25.8 Å². The summed E-state index contributed by atoms with van der Waals surface area (Å²) >= 11 is 0. The summed E-state index contributed by atoms with van der Waals surface area (Å²) in [5.41, 5.74) is 5.39. The maximum atomic E-state index is 11.2. The molecule has 1 aliphatic heterocycles. The maximum Gasteiger partial charge on any atom is 0.211 e. The molecule has 72 valence electrons. The first kappa shape index (κ1) is 9.95. The van der Waals surface area contributed by atoms with Gasteiger partial charge in [0.2, 0.25) is 10.0 Å². The number of nitrogens with two attached hydrogens (primary N) is 1. The van der Waals surface area contributed by atoms with E-state index in [4.69, 9.17) is 5.73 Å². The van der Waals surface area contributed by atoms with Gasteiger partial charge in [-0.25, -0.2) is 8.42 Å². The number of hydrogen-bond donors (Lipinski definition) is 1. The van der Waals surface area contributed by atoms with Gasteiger partial charge in [0.1, 0.15) is 0 Å². The van der Waals surface area contributed by atoms with Gasteiger partial charge in [-0.1, -0.05) is 0 Å². The van der Waals surface area contributed by atoms with Gasteiger partial charge in [0.05, 0.1) is 6.26 Å². The average molecular weight is 192 g/mol. The normalized spacial score (nSPS) is 26.3. The van der Waals surface area contributed by atoms with Gasteiger partial charge in [0.25, 0.3) is 0 Å². The monoisotopic (exact) mass is 192 g/mol. The SMILES string of the molecule is CS(=O)(=O)N1CCC[C@@H]1CCN. The van der Waals surface area contributed by atoms with Crippen LogP contribution in [0.3, 0.4) is 0 Å². The van der Waals surface area contributed by atoms with E-state index in [9.17, 15) is 8.42 Å². The van der Waals surface area contributed by atoms with Crippen LogP contribution in [0.1, 0.15) is 19.3 Å². The highest BCUT2D eigenvalue weighted by atomic mass is 32.2. The van der Waals surface area contributed by atoms with E-state index in [1.807, 2.05) is 0 Å². The first-order valence-electron chi connectivity index (χ1n) is 4.22. The lowest BCUT2D eigenvalue weighted by molar-refractivity contribution is 0.377. The highest BCUT2D eigenvalue weighted by Crippen LogP contribution is 2.21. The van der Waals surface area contributed by atoms with Crippen LogP contribution in [-0.4, -0.2) is 38.1 Å². The summed E-state index contributed by atoms with van der Waals surface area (Å²) in [6, 6.07) is 0.157. The molecule has 0 amide bonds. The predicted octanol–water partition coefficient (Wildman–Crippen LogP) is -0.241. The second kappa shape index (κ2) is 3.72. The van der Waals surface area contributed by atoms with Crippen LogP contribution < -0.4 is 5.73 Å². The van der Waals surface area contributed by atoms with Gasteiger partial charge in [-0.3, -0.25) is 0 Å². The van der Waals surface area contributed by atoms with Gasteiger partial charge in [0.15, 0.2) is 0 Å². The van der Waals surface area contributed by atoms with Crippen molar-refractivity contribution in [1.29, 1.82) is 0 Å². The third-order valence-electron chi connectivity index (χ3n) is 2.25. The summed E-state index contributed by atoms with van der Waals surface area (Å²) in [6.45, 7) is 1.24. The highest BCUT2D eigenvalue weighted by Gasteiger charge is 2.30. The molecule has 0 radical (unpaired) electrons. The Balaban J connectivity index is 2.64. The van der Waals surface area contributed by atoms with Crippen LogP contribution in [0.4, 0.5) is 0 Å². The Labute approximate surface area is 73.8 Å². The van der Waals surface area contributed by atoms with Crippen molar-refractivity contribution in [3.8, 4) is 0 Å². The summed E-state index contributed by atoms with van der Waals surface area (Å²) in [7, 11) is -3.00. The van der Waals surface area contributed by atoms with E-state index in [0.717, 1.165) is 19.3 Å². The molecule has 12 heavy (non-hydrogen) atoms. The van der Waals surface area contributed by atoms with E-state index >= 15 is 0 Å². The molecule has 0 unspecified atom stereocenters. The summed E-state index contributed by atoms with van der Waals surface area (Å²) in [6.07, 6.45) is 3.98. The molecular weight excluding hydrogens is 176 g/mol. The minimum atomic E-state index is -3.00. The van der Waals surface area contributed by atoms with Crippen LogP contribution in [-0.2, 0) is 10.0 Å². The average Bonchev–Trinajstić information content (AvgIpc) is 2.34. The molecule has 0 aromatic rings. The lowest BCUT2D eigenvalue weighted by Gasteiger charge is -2.21. The fourth-order valence-electron chi connectivity index (χ4n) is 1.73. The quantitative estimate of drug-likeness (QED) is 0.671. The van der Waals surface area contributed by atoms with Crippen molar-refractivity contribution in [2.75, 3.05) is 19.3 Å². The molecular formula is C7H16N2O2S. The van der Waals surface area contributed by atoms with Crippen molar-refractivity contribution < 1.29 is 8.42 Å². The molecule has 1 fully saturated rings. The van der Waals surface area contributed by atoms with E-state index in [-0.39, 0.29) is 6.04 Å². The standard InChI is InChI=1S/C7H16N2O2S/c1-12(10,11)9-6-2-3-7(9)4-5-8/h7H,2-6,8H2,1H3/t7-/m1/s1. The Hall–Kier alpha value is -0.130. The van der Waals surface area contributed by atoms with E-state index in [1.54, 1.807) is 4.31 Å². The number of rotatable bonds is 3. The summed E-state index contributed by atoms with van der Waals surface area (Å²) in [5.74, 6) is 0. The Morgan fingerprint density at radius 1 is 1.58 bits per heavy atom. The van der Waals surface area contributed by atoms with Crippen molar-refractivity contribution in [3.63, 3.8) is 0 Å². The first-order valence-corrected chi connectivity index (χ1v) is 6.07. The minimum Gasteiger partial charge on any atom is -0.330 e. The molecule has 4 nitrogen and oxygen atoms in total. The van der Waals surface area contributed by atoms with Gasteiger partial charge < -0.3 is 5.73 Å². The van der Waals surface area contributed by atoms with Crippen molar-refractivity contribution in [3.05, 3.63) is 0 Å². The van der Waals surface area contributed by atoms with Gasteiger partial charge in [-0.15, -0.1) is 0 Å². The molecule has 0 aromatic carbocycles. The molecule has 1 aliphatic rings. The molecule has 1 saturated heterocycles. The number of nitrogens with zero attached hydrogens (tertiary/aromatic N) is 1. The van der Waals surface area contributed by atoms with E-state index in [1.165, 1.54) is 6.26 Å². The van der Waals surface area contributed by atoms with Crippen molar-refractivity contribution in [2.24, 2.45) is 5.73 Å². The topological polar surface area (TPSA) is 63.4 Å². The fraction of sp³-hybridized carbons (Fsp3) is 1.00. The lowest BCUT2D eigenvalue weighted by Crippen LogP contribution is -2.35. The second-order valence-electron chi connectivity index (χ2n) is 3.25. The fourth-order valence-corrected chi connectivity index (χ4v) is 2.94. The van der Waals surface area contributed by atoms with E-state index < -0.39 is 10.0 Å². The maximum absolute atomic E-state index is 11.2. The lowest BCUT2D eigenvalue weighted by atomic mass is 10.2. The zero-order chi connectivity index (χ0) is 9.19. The summed E-state index contributed by atoms with van der Waals surface area (Å²) in [4.78, 5) is 0. The molecule has 0 aliphatic carbocycles. The van der Waals surface area contributed by atoms with Crippen LogP contribution in [0.15, 0.2) is 0 Å². The largest absolute Gasteiger partial charge is 0.330 e. The molecule has 2 N–H and O–H groups in total. The summed E-state index contributed by atoms with van der Waals surface area (Å²) in [5, 5.41) is 0. The summed E-state index contributed by atoms with van der Waals surface area (Å²) < 4.78 is 24.0. The first-order chi connectivity index (χ1) is 5.55. The van der Waals surface area contributed by atoms with Gasteiger partial charge in [0, 0.05) is 12.6 Å². The van der Waals surface area contributed by atoms with E-state index in [2.05, 4.69) is 0 Å². The van der Waals surface area contributed by atoms with Crippen molar-refractivity contribution >= 4 is 10.0 Å². The molecule has 1 atom stereocenters. The number of hydrogen-bond acceptors (Lipinski definition) is 3. The smallest absolute Gasteiger partial charge is 0.211 e. The van der Waals surface area contributed by atoms with Crippen LogP contribution in [0.2, 0.25) is 0 Å². The minimum absolute atomic E-state index is 0.157. The van der Waals surface area contributed by atoms with Crippen LogP contribution in [0, 0.1) is 0 Å². The zero-order valence-electron chi connectivity index (χ0n) is 7.36. The Morgan fingerprint density at radius 2 is 2.25 bits per heavy atom. The molecule has 0 spiro atoms. The second-order valence-corrected chi connectivity index (χ2v) is 5.18. The highest BCUT2D eigenvalue weighted by molar-refractivity contribution is 7.88.